The molecular weight excluding hydrogens is 288 g/mol. The van der Waals surface area contributed by atoms with Gasteiger partial charge in [0.05, 0.1) is 0 Å². The highest BCUT2D eigenvalue weighted by atomic mass is 14.2. The van der Waals surface area contributed by atoms with Crippen LogP contribution in [-0.4, -0.2) is 0 Å². The van der Waals surface area contributed by atoms with Crippen molar-refractivity contribution in [1.82, 2.24) is 0 Å². The summed E-state index contributed by atoms with van der Waals surface area (Å²) in [6, 6.07) is 0. The van der Waals surface area contributed by atoms with Gasteiger partial charge in [-0.05, 0) is 11.8 Å². The Hall–Kier alpha value is 0. The van der Waals surface area contributed by atoms with Crippen LogP contribution in [0.1, 0.15) is 143 Å². The average Bonchev–Trinajstić information content (AvgIpc) is 2.59. The molecular formula is C24H50. The number of unbranched alkanes of at least 4 members (excludes halogenated alkanes) is 12. The van der Waals surface area contributed by atoms with Gasteiger partial charge >= 0.3 is 0 Å². The molecule has 0 aromatic rings. The van der Waals surface area contributed by atoms with E-state index < -0.39 is 0 Å². The summed E-state index contributed by atoms with van der Waals surface area (Å²) in [5.41, 5.74) is 0. The molecule has 0 aliphatic carbocycles. The molecule has 0 saturated carbocycles. The fourth-order valence-corrected chi connectivity index (χ4v) is 4.03. The zero-order valence-electron chi connectivity index (χ0n) is 17.9. The third kappa shape index (κ3) is 15.5. The monoisotopic (exact) mass is 338 g/mol. The third-order valence-corrected chi connectivity index (χ3v) is 5.92. The molecule has 0 nitrogen and oxygen atoms in total. The van der Waals surface area contributed by atoms with Crippen molar-refractivity contribution in [2.45, 2.75) is 143 Å². The Labute approximate surface area is 155 Å². The molecule has 0 fully saturated rings. The maximum absolute atomic E-state index is 2.55. The Balaban J connectivity index is 3.75. The first-order valence-electron chi connectivity index (χ1n) is 11.8. The van der Waals surface area contributed by atoms with Crippen LogP contribution in [0.5, 0.6) is 0 Å². The topological polar surface area (TPSA) is 0 Å². The van der Waals surface area contributed by atoms with Gasteiger partial charge in [-0.3, -0.25) is 0 Å². The van der Waals surface area contributed by atoms with Gasteiger partial charge in [0, 0.05) is 0 Å². The van der Waals surface area contributed by atoms with E-state index in [9.17, 15) is 0 Å². The lowest BCUT2D eigenvalue weighted by Gasteiger charge is -2.24. The Bertz CT molecular complexity index is 220. The molecule has 0 saturated heterocycles. The first-order chi connectivity index (χ1) is 11.8. The maximum atomic E-state index is 2.55. The van der Waals surface area contributed by atoms with Crippen LogP contribution in [-0.2, 0) is 0 Å². The standard InChI is InChI=1S/C24H50/c1-5-8-11-13-14-15-17-18-20-23(4)24(21-10-7-3)22-19-16-12-9-6-2/h23-24H,5-22H2,1-4H3. The van der Waals surface area contributed by atoms with Crippen molar-refractivity contribution in [3.63, 3.8) is 0 Å². The normalized spacial score (nSPS) is 14.0. The summed E-state index contributed by atoms with van der Waals surface area (Å²) in [6.45, 7) is 9.52. The molecule has 0 aromatic carbocycles. The first kappa shape index (κ1) is 24.0. The molecule has 0 aromatic heterocycles. The van der Waals surface area contributed by atoms with Crippen LogP contribution in [0.25, 0.3) is 0 Å². The number of hydrogen-bond donors (Lipinski definition) is 0. The molecule has 0 N–H and O–H groups in total. The van der Waals surface area contributed by atoms with E-state index in [-0.39, 0.29) is 0 Å². The molecule has 0 spiro atoms. The molecule has 2 atom stereocenters. The molecule has 0 heteroatoms. The summed E-state index contributed by atoms with van der Waals surface area (Å²) in [7, 11) is 0. The highest BCUT2D eigenvalue weighted by molar-refractivity contribution is 4.68. The van der Waals surface area contributed by atoms with Crippen molar-refractivity contribution < 1.29 is 0 Å². The zero-order valence-corrected chi connectivity index (χ0v) is 17.9. The van der Waals surface area contributed by atoms with Crippen LogP contribution in [0.2, 0.25) is 0 Å². The van der Waals surface area contributed by atoms with Crippen molar-refractivity contribution in [3.05, 3.63) is 0 Å². The van der Waals surface area contributed by atoms with Crippen LogP contribution < -0.4 is 0 Å². The van der Waals surface area contributed by atoms with Gasteiger partial charge in [0.1, 0.15) is 0 Å². The Morgan fingerprint density at radius 3 is 1.29 bits per heavy atom. The highest BCUT2D eigenvalue weighted by Gasteiger charge is 2.16. The first-order valence-corrected chi connectivity index (χ1v) is 11.8. The van der Waals surface area contributed by atoms with Gasteiger partial charge in [0.25, 0.3) is 0 Å². The lowest BCUT2D eigenvalue weighted by molar-refractivity contribution is 0.276. The van der Waals surface area contributed by atoms with E-state index in [1.165, 1.54) is 116 Å². The largest absolute Gasteiger partial charge is 0.0654 e. The minimum absolute atomic E-state index is 0.961. The smallest absolute Gasteiger partial charge is 0.0388 e. The fourth-order valence-electron chi connectivity index (χ4n) is 4.03. The van der Waals surface area contributed by atoms with Crippen molar-refractivity contribution in [2.24, 2.45) is 11.8 Å². The van der Waals surface area contributed by atoms with Gasteiger partial charge in [0.15, 0.2) is 0 Å². The van der Waals surface area contributed by atoms with Gasteiger partial charge < -0.3 is 0 Å². The summed E-state index contributed by atoms with van der Waals surface area (Å²) >= 11 is 0. The van der Waals surface area contributed by atoms with Crippen molar-refractivity contribution in [3.8, 4) is 0 Å². The fraction of sp³-hybridized carbons (Fsp3) is 1.00. The van der Waals surface area contributed by atoms with Crippen molar-refractivity contribution >= 4 is 0 Å². The average molecular weight is 339 g/mol. The summed E-state index contributed by atoms with van der Waals surface area (Å²) in [5.74, 6) is 1.97. The van der Waals surface area contributed by atoms with Crippen LogP contribution >= 0.6 is 0 Å². The summed E-state index contributed by atoms with van der Waals surface area (Å²) in [6.07, 6.45) is 26.2. The SMILES string of the molecule is CCCCCCCCCCC(C)C(CCCC)CCCCCCC. The van der Waals surface area contributed by atoms with Gasteiger partial charge in [-0.25, -0.2) is 0 Å². The van der Waals surface area contributed by atoms with Gasteiger partial charge in [0.2, 0.25) is 0 Å². The summed E-state index contributed by atoms with van der Waals surface area (Å²) in [5, 5.41) is 0. The van der Waals surface area contributed by atoms with Crippen LogP contribution in [0.15, 0.2) is 0 Å². The molecule has 0 aliphatic heterocycles. The molecule has 2 unspecified atom stereocenters. The molecule has 0 amide bonds. The minimum Gasteiger partial charge on any atom is -0.0654 e. The minimum atomic E-state index is 0.961. The Kier molecular flexibility index (Phi) is 19.3. The van der Waals surface area contributed by atoms with Crippen LogP contribution in [0, 0.1) is 11.8 Å². The second-order valence-corrected chi connectivity index (χ2v) is 8.35. The number of rotatable bonds is 19. The molecule has 0 bridgehead atoms. The van der Waals surface area contributed by atoms with E-state index in [2.05, 4.69) is 27.7 Å². The maximum Gasteiger partial charge on any atom is -0.0388 e. The Morgan fingerprint density at radius 1 is 0.417 bits per heavy atom. The van der Waals surface area contributed by atoms with Gasteiger partial charge in [-0.1, -0.05) is 143 Å². The lowest BCUT2D eigenvalue weighted by Crippen LogP contribution is -2.12. The van der Waals surface area contributed by atoms with E-state index in [0.29, 0.717) is 0 Å². The van der Waals surface area contributed by atoms with Crippen LogP contribution in [0.4, 0.5) is 0 Å². The third-order valence-electron chi connectivity index (χ3n) is 5.92. The molecule has 0 aliphatic rings. The predicted molar refractivity (Wildman–Crippen MR) is 113 cm³/mol. The van der Waals surface area contributed by atoms with Crippen LogP contribution in [0.3, 0.4) is 0 Å². The highest BCUT2D eigenvalue weighted by Crippen LogP contribution is 2.29. The quantitative estimate of drug-likeness (QED) is 0.206. The zero-order chi connectivity index (χ0) is 17.9. The second-order valence-electron chi connectivity index (χ2n) is 8.35. The van der Waals surface area contributed by atoms with Crippen molar-refractivity contribution in [1.29, 1.82) is 0 Å². The summed E-state index contributed by atoms with van der Waals surface area (Å²) in [4.78, 5) is 0. The second kappa shape index (κ2) is 19.3. The van der Waals surface area contributed by atoms with E-state index in [4.69, 9.17) is 0 Å². The number of hydrogen-bond acceptors (Lipinski definition) is 0. The van der Waals surface area contributed by atoms with Crippen molar-refractivity contribution in [2.75, 3.05) is 0 Å². The van der Waals surface area contributed by atoms with E-state index in [0.717, 1.165) is 11.8 Å². The van der Waals surface area contributed by atoms with E-state index >= 15 is 0 Å². The van der Waals surface area contributed by atoms with Gasteiger partial charge in [-0.15, -0.1) is 0 Å². The lowest BCUT2D eigenvalue weighted by atomic mass is 9.82. The van der Waals surface area contributed by atoms with E-state index in [1.54, 1.807) is 0 Å². The molecule has 146 valence electrons. The Morgan fingerprint density at radius 2 is 0.792 bits per heavy atom. The summed E-state index contributed by atoms with van der Waals surface area (Å²) < 4.78 is 0. The molecule has 0 rings (SSSR count). The molecule has 24 heavy (non-hydrogen) atoms. The molecule has 0 radical (unpaired) electrons. The van der Waals surface area contributed by atoms with Gasteiger partial charge in [-0.2, -0.15) is 0 Å². The molecule has 0 heterocycles. The predicted octanol–water partition coefficient (Wildman–Crippen LogP) is 9.32. The van der Waals surface area contributed by atoms with E-state index in [1.807, 2.05) is 0 Å².